The lowest BCUT2D eigenvalue weighted by molar-refractivity contribution is -0.152. The fraction of sp³-hybridized carbons (Fsp3) is 0.588. The predicted molar refractivity (Wildman–Crippen MR) is 161 cm³/mol. The van der Waals surface area contributed by atoms with Crippen LogP contribution in [0.5, 0.6) is 0 Å². The Morgan fingerprint density at radius 3 is 2.55 bits per heavy atom. The van der Waals surface area contributed by atoms with Crippen molar-refractivity contribution < 1.29 is 33.8 Å². The van der Waals surface area contributed by atoms with Gasteiger partial charge >= 0.3 is 5.97 Å². The zero-order valence-corrected chi connectivity index (χ0v) is 25.3. The maximum absolute atomic E-state index is 14.8. The van der Waals surface area contributed by atoms with Gasteiger partial charge in [-0.1, -0.05) is 80.8 Å². The van der Waals surface area contributed by atoms with Crippen molar-refractivity contribution in [2.45, 2.75) is 94.2 Å². The first kappa shape index (κ1) is 30.5. The number of allylic oxidation sites excluding steroid dienone is 1. The van der Waals surface area contributed by atoms with Crippen molar-refractivity contribution in [1.82, 2.24) is 15.1 Å². The number of amides is 3. The van der Waals surface area contributed by atoms with Crippen LogP contribution in [0.15, 0.2) is 54.6 Å². The van der Waals surface area contributed by atoms with Crippen molar-refractivity contribution in [3.8, 4) is 0 Å². The van der Waals surface area contributed by atoms with Crippen LogP contribution in [0.1, 0.15) is 69.9 Å². The molecule has 1 saturated carbocycles. The van der Waals surface area contributed by atoms with Gasteiger partial charge in [-0.3, -0.25) is 19.2 Å². The summed E-state index contributed by atoms with van der Waals surface area (Å²) in [5, 5.41) is 13.4. The Kier molecular flexibility index (Phi) is 8.91. The molecule has 10 nitrogen and oxygen atoms in total. The number of likely N-dealkylation sites (tertiary alicyclic amines) is 1. The number of ether oxygens (including phenoxy) is 2. The maximum atomic E-state index is 14.8. The van der Waals surface area contributed by atoms with Crippen LogP contribution in [0.2, 0.25) is 0 Å². The molecule has 0 aromatic heterocycles. The molecule has 0 radical (unpaired) electrons. The first-order valence-electron chi connectivity index (χ1n) is 16.2. The largest absolute Gasteiger partial charge is 0.463 e. The number of rotatable bonds is 5. The van der Waals surface area contributed by atoms with Gasteiger partial charge in [0.15, 0.2) is 0 Å². The second-order valence-corrected chi connectivity index (χ2v) is 12.6. The Morgan fingerprint density at radius 1 is 1.05 bits per heavy atom. The molecule has 1 aromatic rings. The topological polar surface area (TPSA) is 125 Å². The highest BCUT2D eigenvalue weighted by molar-refractivity contribution is 6.00. The van der Waals surface area contributed by atoms with E-state index in [9.17, 15) is 24.3 Å². The third-order valence-electron chi connectivity index (χ3n) is 10.1. The molecule has 236 valence electrons. The monoisotopic (exact) mass is 605 g/mol. The molecule has 2 N–H and O–H groups in total. The number of nitrogens with one attached hydrogen (secondary N) is 1. The average molecular weight is 606 g/mol. The molecule has 10 heteroatoms. The molecule has 3 fully saturated rings. The molecule has 0 unspecified atom stereocenters. The summed E-state index contributed by atoms with van der Waals surface area (Å²) in [7, 11) is 0. The van der Waals surface area contributed by atoms with Crippen molar-refractivity contribution in [3.05, 3.63) is 60.2 Å². The van der Waals surface area contributed by atoms with E-state index >= 15 is 0 Å². The van der Waals surface area contributed by atoms with Crippen molar-refractivity contribution in [3.63, 3.8) is 0 Å². The summed E-state index contributed by atoms with van der Waals surface area (Å²) in [5.74, 6) is -3.15. The van der Waals surface area contributed by atoms with E-state index in [0.717, 1.165) is 37.7 Å². The summed E-state index contributed by atoms with van der Waals surface area (Å²) < 4.78 is 12.2. The van der Waals surface area contributed by atoms with Crippen molar-refractivity contribution in [2.24, 2.45) is 11.8 Å². The standard InChI is InChI=1S/C34H43N3O7/c1-2-23(20-38)37-30-33(42)36(24-14-8-4-9-15-24)19-11-5-10-16-27(39)43-21-25(22-12-6-3-7-13-22)35-31(40)28-26-17-18-34(30,44-26)29(28)32(37)41/h3,5-7,11-13,17-18,23-26,28-30,38H,2,4,8-10,14-16,19-21H2,1H3,(H,35,40)/b11-5-/t23-,25+,26+,28-,29-,30+,34-/m0/s1. The highest BCUT2D eigenvalue weighted by Gasteiger charge is 2.73. The Labute approximate surface area is 258 Å². The van der Waals surface area contributed by atoms with Crippen LogP contribution in [0.3, 0.4) is 0 Å². The summed E-state index contributed by atoms with van der Waals surface area (Å²) >= 11 is 0. The van der Waals surface area contributed by atoms with Gasteiger partial charge < -0.3 is 29.7 Å². The number of esters is 1. The molecular formula is C34H43N3O7. The molecule has 6 rings (SSSR count). The van der Waals surface area contributed by atoms with Gasteiger partial charge in [-0.15, -0.1) is 0 Å². The molecule has 4 heterocycles. The first-order valence-corrected chi connectivity index (χ1v) is 16.2. The lowest BCUT2D eigenvalue weighted by atomic mass is 9.74. The molecule has 2 saturated heterocycles. The van der Waals surface area contributed by atoms with E-state index in [-0.39, 0.29) is 43.5 Å². The maximum Gasteiger partial charge on any atom is 0.306 e. The van der Waals surface area contributed by atoms with E-state index < -0.39 is 47.6 Å². The van der Waals surface area contributed by atoms with Gasteiger partial charge in [-0.25, -0.2) is 0 Å². The number of carbonyl (C=O) groups is 4. The molecule has 4 aliphatic heterocycles. The number of hydrogen-bond donors (Lipinski definition) is 2. The quantitative estimate of drug-likeness (QED) is 0.391. The average Bonchev–Trinajstić information content (AvgIpc) is 3.69. The molecule has 1 spiro atoms. The summed E-state index contributed by atoms with van der Waals surface area (Å²) in [6.07, 6.45) is 12.7. The minimum absolute atomic E-state index is 0.00265. The van der Waals surface area contributed by atoms with Gasteiger partial charge in [0.05, 0.1) is 36.6 Å². The van der Waals surface area contributed by atoms with Crippen LogP contribution in [0, 0.1) is 11.8 Å². The zero-order chi connectivity index (χ0) is 30.8. The fourth-order valence-electron chi connectivity index (χ4n) is 7.89. The van der Waals surface area contributed by atoms with E-state index in [1.54, 1.807) is 6.08 Å². The molecule has 7 atom stereocenters. The SMILES string of the molecule is CC[C@@H](CO)N1C(=O)[C@@H]2[C@H]3C(=O)N[C@@H](c4ccccc4)COC(=O)CC/C=C\CN(C4CCCCC4)C(=O)[C@@H]1[C@]21C=C[C@H]3O1. The third-order valence-corrected chi connectivity index (χ3v) is 10.1. The number of aliphatic hydroxyl groups excluding tert-OH is 1. The summed E-state index contributed by atoms with van der Waals surface area (Å²) in [5.41, 5.74) is -0.550. The number of benzene rings is 1. The molecule has 1 aliphatic carbocycles. The van der Waals surface area contributed by atoms with Gasteiger partial charge in [-0.2, -0.15) is 0 Å². The van der Waals surface area contributed by atoms with E-state index in [2.05, 4.69) is 5.32 Å². The molecule has 3 amide bonds. The fourth-order valence-corrected chi connectivity index (χ4v) is 7.89. The normalized spacial score (nSPS) is 34.5. The van der Waals surface area contributed by atoms with Crippen LogP contribution >= 0.6 is 0 Å². The molecular weight excluding hydrogens is 562 g/mol. The number of cyclic esters (lactones) is 1. The molecule has 5 aliphatic rings. The van der Waals surface area contributed by atoms with E-state index in [4.69, 9.17) is 9.47 Å². The van der Waals surface area contributed by atoms with Gasteiger partial charge in [0.2, 0.25) is 17.7 Å². The summed E-state index contributed by atoms with van der Waals surface area (Å²) in [6.45, 7) is 1.86. The number of hydrogen-bond acceptors (Lipinski definition) is 7. The van der Waals surface area contributed by atoms with Crippen LogP contribution in [0.25, 0.3) is 0 Å². The number of nitrogens with zero attached hydrogens (tertiary/aromatic N) is 2. The van der Waals surface area contributed by atoms with Crippen LogP contribution in [-0.2, 0) is 28.7 Å². The van der Waals surface area contributed by atoms with Crippen molar-refractivity contribution >= 4 is 23.7 Å². The Balaban J connectivity index is 1.42. The molecule has 1 aromatic carbocycles. The second kappa shape index (κ2) is 12.9. The predicted octanol–water partition coefficient (Wildman–Crippen LogP) is 2.82. The van der Waals surface area contributed by atoms with Crippen LogP contribution < -0.4 is 5.32 Å². The van der Waals surface area contributed by atoms with E-state index in [0.29, 0.717) is 19.4 Å². The number of fused-ring (bicyclic) bond motifs is 2. The first-order chi connectivity index (χ1) is 21.4. The van der Waals surface area contributed by atoms with Gasteiger partial charge in [0.1, 0.15) is 18.2 Å². The third kappa shape index (κ3) is 5.36. The molecule has 5 bridgehead atoms. The zero-order valence-electron chi connectivity index (χ0n) is 25.3. The van der Waals surface area contributed by atoms with E-state index in [1.165, 1.54) is 4.90 Å². The summed E-state index contributed by atoms with van der Waals surface area (Å²) in [6, 6.07) is 7.04. The van der Waals surface area contributed by atoms with E-state index in [1.807, 2.05) is 60.4 Å². The van der Waals surface area contributed by atoms with Gasteiger partial charge in [0, 0.05) is 19.0 Å². The second-order valence-electron chi connectivity index (χ2n) is 12.6. The highest BCUT2D eigenvalue weighted by Crippen LogP contribution is 2.56. The Hall–Kier alpha value is -3.50. The van der Waals surface area contributed by atoms with Crippen LogP contribution in [0.4, 0.5) is 0 Å². The summed E-state index contributed by atoms with van der Waals surface area (Å²) in [4.78, 5) is 59.4. The Morgan fingerprint density at radius 2 is 1.82 bits per heavy atom. The molecule has 44 heavy (non-hydrogen) atoms. The van der Waals surface area contributed by atoms with Gasteiger partial charge in [0.25, 0.3) is 0 Å². The highest BCUT2D eigenvalue weighted by atomic mass is 16.5. The lowest BCUT2D eigenvalue weighted by Crippen LogP contribution is -2.60. The van der Waals surface area contributed by atoms with Crippen molar-refractivity contribution in [1.29, 1.82) is 0 Å². The number of aliphatic hydroxyl groups is 1. The Bertz CT molecular complexity index is 1300. The van der Waals surface area contributed by atoms with Gasteiger partial charge in [-0.05, 0) is 31.2 Å². The minimum Gasteiger partial charge on any atom is -0.463 e. The lowest BCUT2D eigenvalue weighted by Gasteiger charge is -2.41. The van der Waals surface area contributed by atoms with Crippen molar-refractivity contribution in [2.75, 3.05) is 19.8 Å². The number of carbonyl (C=O) groups excluding carboxylic acids is 4. The smallest absolute Gasteiger partial charge is 0.306 e. The minimum atomic E-state index is -1.32. The van der Waals surface area contributed by atoms with Crippen LogP contribution in [-0.4, -0.2) is 88.2 Å².